The summed E-state index contributed by atoms with van der Waals surface area (Å²) in [5.74, 6) is -1.24. The van der Waals surface area contributed by atoms with E-state index in [1.807, 2.05) is 80.3 Å². The van der Waals surface area contributed by atoms with Gasteiger partial charge in [0.15, 0.2) is 0 Å². The van der Waals surface area contributed by atoms with Gasteiger partial charge in [0.05, 0.1) is 63.9 Å². The molecule has 0 bridgehead atoms. The van der Waals surface area contributed by atoms with Gasteiger partial charge in [-0.15, -0.1) is 5.10 Å². The fraction of sp³-hybridized carbons (Fsp3) is 0.410. The van der Waals surface area contributed by atoms with Crippen molar-refractivity contribution in [2.75, 3.05) is 92.4 Å². The summed E-state index contributed by atoms with van der Waals surface area (Å²) in [6, 6.07) is 16.2. The van der Waals surface area contributed by atoms with Crippen molar-refractivity contribution in [3.63, 3.8) is 0 Å². The summed E-state index contributed by atoms with van der Waals surface area (Å²) in [6.45, 7) is 4.76. The second kappa shape index (κ2) is 20.7. The quantitative estimate of drug-likeness (QED) is 0.0261. The molecule has 0 radical (unpaired) electrons. The fourth-order valence-electron chi connectivity index (χ4n) is 5.89. The van der Waals surface area contributed by atoms with Crippen LogP contribution in [0.5, 0.6) is 0 Å². The van der Waals surface area contributed by atoms with E-state index in [0.29, 0.717) is 75.1 Å². The number of carboxylic acid groups (broad SMARTS) is 1. The second-order valence-corrected chi connectivity index (χ2v) is 13.2. The molecule has 2 aliphatic rings. The van der Waals surface area contributed by atoms with E-state index in [1.165, 1.54) is 6.07 Å². The zero-order chi connectivity index (χ0) is 39.9. The number of ether oxygens (including phenoxy) is 3. The third-order valence-corrected chi connectivity index (χ3v) is 8.80. The van der Waals surface area contributed by atoms with Crippen molar-refractivity contribution in [2.24, 2.45) is 5.11 Å². The van der Waals surface area contributed by atoms with Crippen molar-refractivity contribution in [1.82, 2.24) is 30.2 Å². The summed E-state index contributed by atoms with van der Waals surface area (Å²) in [5.41, 5.74) is 12.5. The zero-order valence-corrected chi connectivity index (χ0v) is 32.2. The van der Waals surface area contributed by atoms with Crippen LogP contribution in [-0.4, -0.2) is 114 Å². The Balaban J connectivity index is 1.06. The van der Waals surface area contributed by atoms with Gasteiger partial charge < -0.3 is 44.1 Å². The van der Waals surface area contributed by atoms with Crippen LogP contribution in [0.25, 0.3) is 43.9 Å². The first-order chi connectivity index (χ1) is 27.2. The molecule has 3 aromatic rings. The average molecular weight is 769 g/mol. The lowest BCUT2D eigenvalue weighted by Gasteiger charge is -2.20. The molecule has 1 aromatic heterocycles. The first-order valence-corrected chi connectivity index (χ1v) is 18.3. The van der Waals surface area contributed by atoms with Gasteiger partial charge in [-0.3, -0.25) is 4.79 Å². The number of anilines is 1. The number of nitrogens with zero attached hydrogens (tertiary/aromatic N) is 8. The topological polar surface area (TPSA) is 208 Å². The fourth-order valence-corrected chi connectivity index (χ4v) is 5.89. The minimum Gasteiger partial charge on any atom is -0.545 e. The Morgan fingerprint density at radius 1 is 0.964 bits per heavy atom. The molecule has 0 spiro atoms. The third-order valence-electron chi connectivity index (χ3n) is 8.80. The van der Waals surface area contributed by atoms with Gasteiger partial charge in [-0.1, -0.05) is 16.4 Å². The van der Waals surface area contributed by atoms with Crippen molar-refractivity contribution in [3.8, 4) is 22.5 Å². The molecule has 1 aliphatic carbocycles. The lowest BCUT2D eigenvalue weighted by Crippen LogP contribution is -2.29. The molecule has 0 saturated heterocycles. The van der Waals surface area contributed by atoms with E-state index in [1.54, 1.807) is 16.8 Å². The van der Waals surface area contributed by atoms with Crippen LogP contribution >= 0.6 is 0 Å². The number of fused-ring (bicyclic) bond motifs is 2. The highest BCUT2D eigenvalue weighted by Crippen LogP contribution is 2.42. The van der Waals surface area contributed by atoms with Crippen molar-refractivity contribution in [2.45, 2.75) is 19.5 Å². The van der Waals surface area contributed by atoms with Crippen molar-refractivity contribution in [1.29, 1.82) is 0 Å². The standard InChI is InChI=1S/C39H48N10O7/c1-47(2)29-7-10-32-35(23-29)56-36-24-30(48(3)4)8-11-33(36)37(32)31-9-6-27(22-34(31)39(51)52)38(50)42-14-16-53-18-20-55-21-19-54-17-15-49-26-28(44-46-49)25-41-12-5-13-43-45-40/h6-11,22-24,26,41H,5,12-21,25H2,1-4H3,(H-,42,50,51,52). The van der Waals surface area contributed by atoms with Crippen LogP contribution < -0.4 is 30.6 Å². The van der Waals surface area contributed by atoms with Gasteiger partial charge in [-0.25, -0.2) is 9.26 Å². The molecule has 2 heterocycles. The molecule has 0 saturated carbocycles. The number of rotatable bonds is 22. The molecule has 2 aromatic carbocycles. The number of aromatic carboxylic acids is 1. The molecule has 0 unspecified atom stereocenters. The molecule has 56 heavy (non-hydrogen) atoms. The summed E-state index contributed by atoms with van der Waals surface area (Å²) >= 11 is 0. The van der Waals surface area contributed by atoms with Crippen molar-refractivity contribution in [3.05, 3.63) is 93.4 Å². The van der Waals surface area contributed by atoms with Crippen LogP contribution in [0.3, 0.4) is 0 Å². The van der Waals surface area contributed by atoms with Crippen LogP contribution in [0.15, 0.2) is 70.3 Å². The number of nitrogens with one attached hydrogen (secondary N) is 2. The van der Waals surface area contributed by atoms with Crippen molar-refractivity contribution >= 4 is 28.5 Å². The van der Waals surface area contributed by atoms with Gasteiger partial charge in [-0.05, 0) is 54.4 Å². The molecule has 1 aliphatic heterocycles. The highest BCUT2D eigenvalue weighted by molar-refractivity contribution is 6.09. The van der Waals surface area contributed by atoms with E-state index in [2.05, 4.69) is 31.0 Å². The highest BCUT2D eigenvalue weighted by Gasteiger charge is 2.22. The van der Waals surface area contributed by atoms with E-state index < -0.39 is 11.9 Å². The summed E-state index contributed by atoms with van der Waals surface area (Å²) in [5, 5.41) is 31.9. The van der Waals surface area contributed by atoms with Crippen LogP contribution in [0.1, 0.15) is 32.8 Å². The third kappa shape index (κ3) is 11.3. The van der Waals surface area contributed by atoms with Crippen LogP contribution in [-0.2, 0) is 27.3 Å². The first-order valence-electron chi connectivity index (χ1n) is 18.3. The minimum absolute atomic E-state index is 0.106. The molecule has 0 atom stereocenters. The number of carbonyl (C=O) groups is 2. The van der Waals surface area contributed by atoms with Crippen LogP contribution in [0.2, 0.25) is 0 Å². The Morgan fingerprint density at radius 2 is 1.71 bits per heavy atom. The molecule has 17 heteroatoms. The number of azide groups is 1. The Kier molecular flexibility index (Phi) is 15.3. The van der Waals surface area contributed by atoms with E-state index >= 15 is 0 Å². The predicted molar refractivity (Wildman–Crippen MR) is 209 cm³/mol. The number of hydrogen-bond donors (Lipinski definition) is 2. The molecular formula is C39H48N10O7. The number of hydrogen-bond acceptors (Lipinski definition) is 12. The molecule has 5 rings (SSSR count). The lowest BCUT2D eigenvalue weighted by molar-refractivity contribution is -0.254. The maximum atomic E-state index is 13.1. The van der Waals surface area contributed by atoms with Gasteiger partial charge in [0.1, 0.15) is 25.4 Å². The lowest BCUT2D eigenvalue weighted by atomic mass is 9.89. The zero-order valence-electron chi connectivity index (χ0n) is 32.2. The second-order valence-electron chi connectivity index (χ2n) is 13.2. The molecular weight excluding hydrogens is 720 g/mol. The van der Waals surface area contributed by atoms with Gasteiger partial charge in [0, 0.05) is 90.3 Å². The van der Waals surface area contributed by atoms with Gasteiger partial charge >= 0.3 is 0 Å². The average Bonchev–Trinajstić information content (AvgIpc) is 3.65. The maximum absolute atomic E-state index is 13.1. The summed E-state index contributed by atoms with van der Waals surface area (Å²) < 4.78 is 26.8. The summed E-state index contributed by atoms with van der Waals surface area (Å²) in [7, 11) is 7.75. The monoisotopic (exact) mass is 768 g/mol. The maximum Gasteiger partial charge on any atom is 0.251 e. The SMILES string of the molecule is CN(C)c1ccc2c(-c3ccc(C(=O)NCCOCCOCCOCCn4cc(CNCCCN=[N+]=[N-])nn4)cc3C(=O)[O-])c3ccc(=[N+](C)C)cc-3oc2c1. The highest BCUT2D eigenvalue weighted by atomic mass is 16.5. The Bertz CT molecular complexity index is 2190. The molecule has 17 nitrogen and oxygen atoms in total. The van der Waals surface area contributed by atoms with E-state index in [-0.39, 0.29) is 24.3 Å². The molecule has 1 amide bonds. The number of carbonyl (C=O) groups excluding carboxylic acids is 2. The Morgan fingerprint density at radius 3 is 2.45 bits per heavy atom. The largest absolute Gasteiger partial charge is 0.545 e. The Hall–Kier alpha value is -5.84. The smallest absolute Gasteiger partial charge is 0.251 e. The van der Waals surface area contributed by atoms with Gasteiger partial charge in [0.25, 0.3) is 5.91 Å². The van der Waals surface area contributed by atoms with Crippen LogP contribution in [0, 0.1) is 0 Å². The number of carboxylic acids is 1. The number of benzene rings is 3. The van der Waals surface area contributed by atoms with Gasteiger partial charge in [-0.2, -0.15) is 0 Å². The minimum atomic E-state index is -1.40. The first kappa shape index (κ1) is 41.3. The number of amides is 1. The predicted octanol–water partition coefficient (Wildman–Crippen LogP) is 2.53. The molecule has 2 N–H and O–H groups in total. The van der Waals surface area contributed by atoms with Crippen molar-refractivity contribution < 1.29 is 33.3 Å². The van der Waals surface area contributed by atoms with Crippen LogP contribution in [0.4, 0.5) is 5.69 Å². The molecule has 296 valence electrons. The Labute approximate surface area is 324 Å². The summed E-state index contributed by atoms with van der Waals surface area (Å²) in [6.07, 6.45) is 2.61. The number of aromatic nitrogens is 3. The van der Waals surface area contributed by atoms with Gasteiger partial charge in [0.2, 0.25) is 5.36 Å². The van der Waals surface area contributed by atoms with E-state index in [0.717, 1.165) is 40.7 Å². The van der Waals surface area contributed by atoms with E-state index in [9.17, 15) is 14.7 Å². The molecule has 0 fully saturated rings. The summed E-state index contributed by atoms with van der Waals surface area (Å²) in [4.78, 5) is 30.3. The normalized spacial score (nSPS) is 11.1. The van der Waals surface area contributed by atoms with E-state index in [4.69, 9.17) is 24.2 Å².